The monoisotopic (exact) mass is 243 g/mol. The molecule has 0 aliphatic heterocycles. The molecular formula is C13H17N3Si. The maximum atomic E-state index is 4.40. The Bertz CT molecular complexity index is 536. The molecule has 0 radical (unpaired) electrons. The van der Waals surface area contributed by atoms with E-state index in [0.717, 1.165) is 24.0 Å². The van der Waals surface area contributed by atoms with E-state index in [-0.39, 0.29) is 0 Å². The molecule has 0 atom stereocenters. The highest BCUT2D eigenvalue weighted by Gasteiger charge is 2.07. The Morgan fingerprint density at radius 2 is 1.71 bits per heavy atom. The molecular weight excluding hydrogens is 226 g/mol. The van der Waals surface area contributed by atoms with Crippen LogP contribution >= 0.6 is 0 Å². The predicted molar refractivity (Wildman–Crippen MR) is 73.3 cm³/mol. The molecule has 4 heteroatoms. The molecule has 88 valence electrons. The highest BCUT2D eigenvalue weighted by atomic mass is 28.3. The van der Waals surface area contributed by atoms with Crippen molar-refractivity contribution in [2.24, 2.45) is 0 Å². The molecule has 0 unspecified atom stereocenters. The van der Waals surface area contributed by atoms with E-state index in [1.807, 2.05) is 24.3 Å². The van der Waals surface area contributed by atoms with Crippen LogP contribution in [0.1, 0.15) is 6.42 Å². The minimum absolute atomic E-state index is 0.770. The lowest BCUT2D eigenvalue weighted by atomic mass is 10.3. The van der Waals surface area contributed by atoms with E-state index < -0.39 is 8.07 Å². The molecule has 0 bridgehead atoms. The Kier molecular flexibility index (Phi) is 3.30. The van der Waals surface area contributed by atoms with Crippen molar-refractivity contribution in [2.75, 3.05) is 0 Å². The van der Waals surface area contributed by atoms with E-state index in [4.69, 9.17) is 0 Å². The average Bonchev–Trinajstić information content (AvgIpc) is 2.65. The molecule has 0 N–H and O–H groups in total. The van der Waals surface area contributed by atoms with E-state index in [1.165, 1.54) is 0 Å². The SMILES string of the molecule is C[Si](C)(C)C#CCCn1nc2ccccc2n1. The molecule has 0 aliphatic carbocycles. The zero-order valence-electron chi connectivity index (χ0n) is 10.6. The number of fused-ring (bicyclic) bond motifs is 1. The van der Waals surface area contributed by atoms with Crippen molar-refractivity contribution in [2.45, 2.75) is 32.6 Å². The lowest BCUT2D eigenvalue weighted by Crippen LogP contribution is -2.16. The molecule has 0 saturated carbocycles. The zero-order chi connectivity index (χ0) is 12.3. The van der Waals surface area contributed by atoms with Crippen molar-refractivity contribution in [1.82, 2.24) is 15.0 Å². The van der Waals surface area contributed by atoms with Crippen molar-refractivity contribution in [3.05, 3.63) is 24.3 Å². The summed E-state index contributed by atoms with van der Waals surface area (Å²) in [4.78, 5) is 1.74. The van der Waals surface area contributed by atoms with E-state index in [1.54, 1.807) is 4.80 Å². The first-order valence-electron chi connectivity index (χ1n) is 5.84. The van der Waals surface area contributed by atoms with E-state index in [9.17, 15) is 0 Å². The molecule has 0 spiro atoms. The van der Waals surface area contributed by atoms with Gasteiger partial charge in [-0.2, -0.15) is 15.0 Å². The molecule has 17 heavy (non-hydrogen) atoms. The van der Waals surface area contributed by atoms with Crippen molar-refractivity contribution < 1.29 is 0 Å². The van der Waals surface area contributed by atoms with Gasteiger partial charge in [0.2, 0.25) is 0 Å². The third kappa shape index (κ3) is 3.43. The molecule has 2 rings (SSSR count). The van der Waals surface area contributed by atoms with Gasteiger partial charge in [-0.3, -0.25) is 0 Å². The predicted octanol–water partition coefficient (Wildman–Crippen LogP) is 2.70. The lowest BCUT2D eigenvalue weighted by Gasteiger charge is -2.03. The Morgan fingerprint density at radius 1 is 1.12 bits per heavy atom. The Balaban J connectivity index is 2.02. The Labute approximate surface area is 103 Å². The minimum atomic E-state index is -1.24. The van der Waals surface area contributed by atoms with Crippen LogP contribution in [0, 0.1) is 11.5 Å². The largest absolute Gasteiger partial charge is 0.183 e. The molecule has 1 heterocycles. The van der Waals surface area contributed by atoms with Gasteiger partial charge in [0, 0.05) is 6.42 Å². The van der Waals surface area contributed by atoms with Crippen molar-refractivity contribution in [3.63, 3.8) is 0 Å². The maximum Gasteiger partial charge on any atom is 0.129 e. The van der Waals surface area contributed by atoms with Gasteiger partial charge in [-0.15, -0.1) is 11.5 Å². The molecule has 0 amide bonds. The average molecular weight is 243 g/mol. The fraction of sp³-hybridized carbons (Fsp3) is 0.385. The molecule has 3 nitrogen and oxygen atoms in total. The highest BCUT2D eigenvalue weighted by Crippen LogP contribution is 2.07. The second-order valence-electron chi connectivity index (χ2n) is 5.09. The Morgan fingerprint density at radius 3 is 2.24 bits per heavy atom. The maximum absolute atomic E-state index is 4.40. The minimum Gasteiger partial charge on any atom is -0.183 e. The van der Waals surface area contributed by atoms with Crippen LogP contribution in [-0.2, 0) is 6.54 Å². The third-order valence-electron chi connectivity index (χ3n) is 2.23. The highest BCUT2D eigenvalue weighted by molar-refractivity contribution is 6.83. The summed E-state index contributed by atoms with van der Waals surface area (Å²) < 4.78 is 0. The number of hydrogen-bond donors (Lipinski definition) is 0. The smallest absolute Gasteiger partial charge is 0.129 e. The second-order valence-corrected chi connectivity index (χ2v) is 9.84. The van der Waals surface area contributed by atoms with Gasteiger partial charge in [0.25, 0.3) is 0 Å². The molecule has 1 aromatic carbocycles. The fourth-order valence-electron chi connectivity index (χ4n) is 1.49. The quantitative estimate of drug-likeness (QED) is 0.600. The molecule has 0 aliphatic rings. The summed E-state index contributed by atoms with van der Waals surface area (Å²) in [5, 5.41) is 8.79. The zero-order valence-corrected chi connectivity index (χ0v) is 11.6. The molecule has 0 fully saturated rings. The third-order valence-corrected chi connectivity index (χ3v) is 3.16. The van der Waals surface area contributed by atoms with Crippen molar-refractivity contribution >= 4 is 19.1 Å². The number of hydrogen-bond acceptors (Lipinski definition) is 2. The van der Waals surface area contributed by atoms with Crippen LogP contribution in [0.25, 0.3) is 11.0 Å². The first kappa shape index (κ1) is 11.9. The molecule has 2 aromatic rings. The van der Waals surface area contributed by atoms with Gasteiger partial charge in [-0.05, 0) is 12.1 Å². The van der Waals surface area contributed by atoms with Crippen LogP contribution in [0.2, 0.25) is 19.6 Å². The van der Waals surface area contributed by atoms with Gasteiger partial charge in [-0.1, -0.05) is 31.8 Å². The van der Waals surface area contributed by atoms with Crippen molar-refractivity contribution in [1.29, 1.82) is 0 Å². The van der Waals surface area contributed by atoms with Crippen molar-refractivity contribution in [3.8, 4) is 11.5 Å². The van der Waals surface area contributed by atoms with E-state index >= 15 is 0 Å². The summed E-state index contributed by atoms with van der Waals surface area (Å²) in [5.74, 6) is 3.23. The summed E-state index contributed by atoms with van der Waals surface area (Å²) >= 11 is 0. The van der Waals surface area contributed by atoms with Gasteiger partial charge in [0.15, 0.2) is 0 Å². The van der Waals surface area contributed by atoms with Gasteiger partial charge in [0.05, 0.1) is 6.54 Å². The normalized spacial score (nSPS) is 11.2. The summed E-state index contributed by atoms with van der Waals surface area (Å²) in [5.41, 5.74) is 5.25. The standard InChI is InChI=1S/C13H17N3Si/c1-17(2,3)11-7-6-10-16-14-12-8-4-5-9-13(12)15-16/h4-5,8-9H,6,10H2,1-3H3. The number of benzene rings is 1. The number of aromatic nitrogens is 3. The summed E-state index contributed by atoms with van der Waals surface area (Å²) in [6.45, 7) is 7.52. The topological polar surface area (TPSA) is 30.7 Å². The van der Waals surface area contributed by atoms with Crippen LogP contribution in [0.5, 0.6) is 0 Å². The van der Waals surface area contributed by atoms with Gasteiger partial charge in [0.1, 0.15) is 19.1 Å². The molecule has 0 saturated heterocycles. The number of aryl methyl sites for hydroxylation is 1. The number of nitrogens with zero attached hydrogens (tertiary/aromatic N) is 3. The second kappa shape index (κ2) is 4.72. The van der Waals surface area contributed by atoms with Gasteiger partial charge < -0.3 is 0 Å². The van der Waals surface area contributed by atoms with Gasteiger partial charge >= 0.3 is 0 Å². The lowest BCUT2D eigenvalue weighted by molar-refractivity contribution is 0.555. The summed E-state index contributed by atoms with van der Waals surface area (Å²) in [7, 11) is -1.24. The summed E-state index contributed by atoms with van der Waals surface area (Å²) in [6, 6.07) is 7.91. The van der Waals surface area contributed by atoms with Gasteiger partial charge in [-0.25, -0.2) is 0 Å². The van der Waals surface area contributed by atoms with E-state index in [2.05, 4.69) is 41.3 Å². The number of rotatable bonds is 2. The van der Waals surface area contributed by atoms with E-state index in [0.29, 0.717) is 0 Å². The van der Waals surface area contributed by atoms with Crippen LogP contribution in [0.15, 0.2) is 24.3 Å². The van der Waals surface area contributed by atoms with Crippen LogP contribution in [0.4, 0.5) is 0 Å². The van der Waals surface area contributed by atoms with Crippen LogP contribution < -0.4 is 0 Å². The first-order chi connectivity index (χ1) is 8.04. The summed E-state index contributed by atoms with van der Waals surface area (Å²) in [6.07, 6.45) is 0.825. The van der Waals surface area contributed by atoms with Crippen LogP contribution in [0.3, 0.4) is 0 Å². The first-order valence-corrected chi connectivity index (χ1v) is 9.34. The molecule has 1 aromatic heterocycles. The Hall–Kier alpha value is -1.60. The van der Waals surface area contributed by atoms with Crippen LogP contribution in [-0.4, -0.2) is 23.1 Å². The fourth-order valence-corrected chi connectivity index (χ4v) is 2.14.